The predicted octanol–water partition coefficient (Wildman–Crippen LogP) is 2.82. The number of halogens is 1. The summed E-state index contributed by atoms with van der Waals surface area (Å²) in [6, 6.07) is 5.87. The molecular weight excluding hydrogens is 303 g/mol. The van der Waals surface area contributed by atoms with Gasteiger partial charge in [-0.1, -0.05) is 19.1 Å². The number of nitro groups is 1. The van der Waals surface area contributed by atoms with Crippen molar-refractivity contribution >= 4 is 17.3 Å². The molecule has 0 saturated carbocycles. The van der Waals surface area contributed by atoms with Gasteiger partial charge in [0.1, 0.15) is 17.2 Å². The molecule has 0 fully saturated rings. The predicted molar refractivity (Wildman–Crippen MR) is 82.5 cm³/mol. The quantitative estimate of drug-likeness (QED) is 0.677. The fourth-order valence-corrected chi connectivity index (χ4v) is 2.29. The minimum atomic E-state index is -0.535. The molecule has 1 heterocycles. The number of nitrogens with one attached hydrogen (secondary N) is 1. The van der Waals surface area contributed by atoms with E-state index in [2.05, 4.69) is 10.4 Å². The number of para-hydroxylation sites is 1. The molecule has 122 valence electrons. The molecule has 2 rings (SSSR count). The first-order valence-electron chi connectivity index (χ1n) is 7.05. The first-order chi connectivity index (χ1) is 10.8. The van der Waals surface area contributed by atoms with E-state index in [0.717, 1.165) is 0 Å². The average molecular weight is 320 g/mol. The van der Waals surface area contributed by atoms with E-state index in [4.69, 9.17) is 0 Å². The van der Waals surface area contributed by atoms with Crippen LogP contribution in [-0.4, -0.2) is 20.6 Å². The average Bonchev–Trinajstić information content (AvgIpc) is 2.75. The van der Waals surface area contributed by atoms with Crippen molar-refractivity contribution in [3.63, 3.8) is 0 Å². The Kier molecular flexibility index (Phi) is 4.73. The van der Waals surface area contributed by atoms with E-state index in [0.29, 0.717) is 11.4 Å². The molecule has 0 aliphatic heterocycles. The van der Waals surface area contributed by atoms with Crippen LogP contribution in [0.1, 0.15) is 18.3 Å². The highest BCUT2D eigenvalue weighted by molar-refractivity contribution is 5.92. The Bertz CT molecular complexity index is 757. The minimum absolute atomic E-state index is 0.0493. The van der Waals surface area contributed by atoms with Crippen LogP contribution in [0, 0.1) is 35.7 Å². The van der Waals surface area contributed by atoms with Crippen LogP contribution in [0.3, 0.4) is 0 Å². The van der Waals surface area contributed by atoms with Crippen molar-refractivity contribution in [2.24, 2.45) is 5.92 Å². The number of amides is 1. The Morgan fingerprint density at radius 2 is 2.09 bits per heavy atom. The number of nitrogens with zero attached hydrogens (tertiary/aromatic N) is 3. The van der Waals surface area contributed by atoms with Gasteiger partial charge in [0, 0.05) is 0 Å². The number of benzene rings is 1. The molecule has 0 aliphatic rings. The molecule has 8 heteroatoms. The Morgan fingerprint density at radius 1 is 1.43 bits per heavy atom. The van der Waals surface area contributed by atoms with Crippen LogP contribution in [-0.2, 0) is 11.3 Å². The van der Waals surface area contributed by atoms with E-state index in [1.165, 1.54) is 22.9 Å². The number of anilines is 1. The van der Waals surface area contributed by atoms with Gasteiger partial charge in [0.25, 0.3) is 0 Å². The zero-order valence-electron chi connectivity index (χ0n) is 13.0. The molecule has 2 aromatic rings. The number of carbonyl (C=O) groups excluding carboxylic acids is 1. The molecule has 1 aromatic carbocycles. The highest BCUT2D eigenvalue weighted by atomic mass is 19.1. The summed E-state index contributed by atoms with van der Waals surface area (Å²) in [4.78, 5) is 22.7. The maximum Gasteiger partial charge on any atom is 0.312 e. The fourth-order valence-electron chi connectivity index (χ4n) is 2.29. The molecular formula is C15H17FN4O3. The number of rotatable bonds is 5. The van der Waals surface area contributed by atoms with Gasteiger partial charge in [-0.05, 0) is 26.0 Å². The zero-order valence-corrected chi connectivity index (χ0v) is 13.0. The number of hydrogen-bond donors (Lipinski definition) is 1. The van der Waals surface area contributed by atoms with Crippen LogP contribution < -0.4 is 5.32 Å². The van der Waals surface area contributed by atoms with Gasteiger partial charge >= 0.3 is 5.69 Å². The summed E-state index contributed by atoms with van der Waals surface area (Å²) in [5.41, 5.74) is 0.739. The summed E-state index contributed by atoms with van der Waals surface area (Å²) in [5.74, 6) is -1.44. The van der Waals surface area contributed by atoms with Crippen LogP contribution in [0.5, 0.6) is 0 Å². The first kappa shape index (κ1) is 16.6. The molecule has 0 aliphatic carbocycles. The van der Waals surface area contributed by atoms with Crippen molar-refractivity contribution in [1.29, 1.82) is 0 Å². The number of aryl methyl sites for hydroxylation is 1. The van der Waals surface area contributed by atoms with Gasteiger partial charge in [0.2, 0.25) is 5.91 Å². The van der Waals surface area contributed by atoms with E-state index >= 15 is 0 Å². The second kappa shape index (κ2) is 6.55. The van der Waals surface area contributed by atoms with Crippen LogP contribution in [0.2, 0.25) is 0 Å². The van der Waals surface area contributed by atoms with Crippen molar-refractivity contribution in [2.75, 3.05) is 5.32 Å². The Hall–Kier alpha value is -2.77. The van der Waals surface area contributed by atoms with Gasteiger partial charge in [0.15, 0.2) is 0 Å². The summed E-state index contributed by atoms with van der Waals surface area (Å²) in [6.45, 7) is 4.95. The molecule has 23 heavy (non-hydrogen) atoms. The van der Waals surface area contributed by atoms with E-state index in [1.54, 1.807) is 26.8 Å². The molecule has 0 bridgehead atoms. The summed E-state index contributed by atoms with van der Waals surface area (Å²) >= 11 is 0. The smallest absolute Gasteiger partial charge is 0.312 e. The third-order valence-corrected chi connectivity index (χ3v) is 3.55. The van der Waals surface area contributed by atoms with Crippen LogP contribution in [0.25, 0.3) is 0 Å². The van der Waals surface area contributed by atoms with Gasteiger partial charge in [-0.25, -0.2) is 4.39 Å². The van der Waals surface area contributed by atoms with E-state index in [-0.39, 0.29) is 23.8 Å². The van der Waals surface area contributed by atoms with Gasteiger partial charge in [0.05, 0.1) is 23.1 Å². The Labute approximate surface area is 132 Å². The lowest BCUT2D eigenvalue weighted by molar-refractivity contribution is -0.386. The summed E-state index contributed by atoms with van der Waals surface area (Å²) < 4.78 is 15.0. The summed E-state index contributed by atoms with van der Waals surface area (Å²) in [6.07, 6.45) is 0. The molecule has 0 saturated heterocycles. The van der Waals surface area contributed by atoms with Gasteiger partial charge < -0.3 is 5.32 Å². The molecule has 0 spiro atoms. The maximum atomic E-state index is 13.5. The summed E-state index contributed by atoms with van der Waals surface area (Å²) in [7, 11) is 0. The molecule has 0 unspecified atom stereocenters. The zero-order chi connectivity index (χ0) is 17.1. The number of aromatic nitrogens is 2. The maximum absolute atomic E-state index is 13.5. The molecule has 1 amide bonds. The molecule has 1 aromatic heterocycles. The van der Waals surface area contributed by atoms with Crippen molar-refractivity contribution in [3.8, 4) is 0 Å². The largest absolute Gasteiger partial charge is 0.323 e. The SMILES string of the molecule is Cc1nn(C[C@@H](C)C(=O)Nc2ccccc2F)c(C)c1[N+](=O)[O-]. The Morgan fingerprint density at radius 3 is 2.65 bits per heavy atom. The normalized spacial score (nSPS) is 12.0. The highest BCUT2D eigenvalue weighted by Gasteiger charge is 2.24. The second-order valence-electron chi connectivity index (χ2n) is 5.33. The van der Waals surface area contributed by atoms with Gasteiger partial charge in [-0.15, -0.1) is 0 Å². The third-order valence-electron chi connectivity index (χ3n) is 3.55. The minimum Gasteiger partial charge on any atom is -0.323 e. The monoisotopic (exact) mass is 320 g/mol. The van der Waals surface area contributed by atoms with E-state index in [9.17, 15) is 19.3 Å². The first-order valence-corrected chi connectivity index (χ1v) is 7.05. The molecule has 7 nitrogen and oxygen atoms in total. The third kappa shape index (κ3) is 3.53. The van der Waals surface area contributed by atoms with Gasteiger partial charge in [-0.3, -0.25) is 19.6 Å². The lowest BCUT2D eigenvalue weighted by atomic mass is 10.1. The fraction of sp³-hybridized carbons (Fsp3) is 0.333. The Balaban J connectivity index is 2.12. The van der Waals surface area contributed by atoms with Crippen LogP contribution in [0.15, 0.2) is 24.3 Å². The van der Waals surface area contributed by atoms with Gasteiger partial charge in [-0.2, -0.15) is 5.10 Å². The molecule has 1 N–H and O–H groups in total. The molecule has 1 atom stereocenters. The van der Waals surface area contributed by atoms with Crippen molar-refractivity contribution in [2.45, 2.75) is 27.3 Å². The lowest BCUT2D eigenvalue weighted by Gasteiger charge is -2.13. The summed E-state index contributed by atoms with van der Waals surface area (Å²) in [5, 5.41) is 17.6. The number of carbonyl (C=O) groups is 1. The van der Waals surface area contributed by atoms with E-state index in [1.807, 2.05) is 0 Å². The van der Waals surface area contributed by atoms with Crippen molar-refractivity contribution in [3.05, 3.63) is 51.6 Å². The van der Waals surface area contributed by atoms with Crippen LogP contribution >= 0.6 is 0 Å². The lowest BCUT2D eigenvalue weighted by Crippen LogP contribution is -2.25. The van der Waals surface area contributed by atoms with E-state index < -0.39 is 16.7 Å². The number of hydrogen-bond acceptors (Lipinski definition) is 4. The topological polar surface area (TPSA) is 90.1 Å². The second-order valence-corrected chi connectivity index (χ2v) is 5.33. The van der Waals surface area contributed by atoms with Crippen LogP contribution in [0.4, 0.5) is 15.8 Å². The molecule has 0 radical (unpaired) electrons. The van der Waals surface area contributed by atoms with Crippen molar-refractivity contribution in [1.82, 2.24) is 9.78 Å². The standard InChI is InChI=1S/C15H17FN4O3/c1-9(15(21)17-13-7-5-4-6-12(13)16)8-19-11(3)14(20(22)23)10(2)18-19/h4-7,9H,8H2,1-3H3,(H,17,21)/t9-/m1/s1. The highest BCUT2D eigenvalue weighted by Crippen LogP contribution is 2.23. The van der Waals surface area contributed by atoms with Crippen molar-refractivity contribution < 1.29 is 14.1 Å².